The van der Waals surface area contributed by atoms with Crippen molar-refractivity contribution in [3.63, 3.8) is 0 Å². The topological polar surface area (TPSA) is 45.3 Å². The van der Waals surface area contributed by atoms with E-state index in [2.05, 4.69) is 35.9 Å². The number of nitrogens with zero attached hydrogens (tertiary/aromatic N) is 1. The summed E-state index contributed by atoms with van der Waals surface area (Å²) in [5.41, 5.74) is 3.75. The Morgan fingerprint density at radius 1 is 1.14 bits per heavy atom. The summed E-state index contributed by atoms with van der Waals surface area (Å²) in [4.78, 5) is 17.8. The second kappa shape index (κ2) is 8.19. The molecule has 0 aliphatic carbocycles. The average molecular weight is 427 g/mol. The number of fused-ring (bicyclic) bond motifs is 3. The Morgan fingerprint density at radius 3 is 2.62 bits per heavy atom. The molecule has 4 rings (SSSR count). The van der Waals surface area contributed by atoms with Gasteiger partial charge in [-0.05, 0) is 53.9 Å². The SMILES string of the molecule is CCN(CC)Cc1ccc(-c2c(OC)ccc3[nH]c(=O)c4sccc4c23)cc1Cl. The maximum atomic E-state index is 12.4. The first-order chi connectivity index (χ1) is 14.1. The Kier molecular flexibility index (Phi) is 5.63. The number of hydrogen-bond acceptors (Lipinski definition) is 4. The molecule has 0 saturated carbocycles. The van der Waals surface area contributed by atoms with Gasteiger partial charge in [0.2, 0.25) is 0 Å². The molecular formula is C23H23ClN2O2S. The van der Waals surface area contributed by atoms with Gasteiger partial charge in [-0.15, -0.1) is 11.3 Å². The normalized spacial score (nSPS) is 11.6. The first-order valence-electron chi connectivity index (χ1n) is 9.68. The summed E-state index contributed by atoms with van der Waals surface area (Å²) in [6.07, 6.45) is 0. The Labute approximate surface area is 178 Å². The van der Waals surface area contributed by atoms with Gasteiger partial charge in [0.15, 0.2) is 0 Å². The molecular weight excluding hydrogens is 404 g/mol. The van der Waals surface area contributed by atoms with Crippen molar-refractivity contribution in [3.8, 4) is 16.9 Å². The van der Waals surface area contributed by atoms with Gasteiger partial charge < -0.3 is 9.72 Å². The number of ether oxygens (including phenoxy) is 1. The van der Waals surface area contributed by atoms with Crippen LogP contribution in [0.25, 0.3) is 32.1 Å². The van der Waals surface area contributed by atoms with Crippen LogP contribution in [0.4, 0.5) is 0 Å². The summed E-state index contributed by atoms with van der Waals surface area (Å²) in [5.74, 6) is 0.754. The van der Waals surface area contributed by atoms with Crippen molar-refractivity contribution in [3.05, 3.63) is 62.7 Å². The van der Waals surface area contributed by atoms with E-state index in [9.17, 15) is 4.79 Å². The number of pyridine rings is 1. The van der Waals surface area contributed by atoms with Crippen molar-refractivity contribution in [2.24, 2.45) is 0 Å². The summed E-state index contributed by atoms with van der Waals surface area (Å²) < 4.78 is 6.41. The molecule has 0 saturated heterocycles. The van der Waals surface area contributed by atoms with E-state index in [1.165, 1.54) is 11.3 Å². The number of hydrogen-bond donors (Lipinski definition) is 1. The summed E-state index contributed by atoms with van der Waals surface area (Å²) in [5, 5.41) is 4.60. The highest BCUT2D eigenvalue weighted by molar-refractivity contribution is 7.17. The number of benzene rings is 2. The first kappa shape index (κ1) is 20.0. The highest BCUT2D eigenvalue weighted by Gasteiger charge is 2.17. The van der Waals surface area contributed by atoms with E-state index in [1.807, 2.05) is 29.6 Å². The number of aromatic nitrogens is 1. The maximum Gasteiger partial charge on any atom is 0.266 e. The van der Waals surface area contributed by atoms with Crippen LogP contribution in [-0.4, -0.2) is 30.1 Å². The van der Waals surface area contributed by atoms with Gasteiger partial charge in [0, 0.05) is 33.4 Å². The second-order valence-electron chi connectivity index (χ2n) is 6.95. The lowest BCUT2D eigenvalue weighted by Crippen LogP contribution is -2.22. The standard InChI is InChI=1S/C23H23ClN2O2S/c1-4-26(5-2)13-15-7-6-14(12-17(15)24)20-19(28-3)9-8-18-21(20)16-10-11-29-22(16)23(27)25-18/h6-12H,4-5,13H2,1-3H3,(H,25,27). The lowest BCUT2D eigenvalue weighted by atomic mass is 9.96. The fraction of sp³-hybridized carbons (Fsp3) is 0.261. The molecule has 0 bridgehead atoms. The number of rotatable bonds is 6. The number of H-pyrrole nitrogens is 1. The number of nitrogens with one attached hydrogen (secondary N) is 1. The molecule has 6 heteroatoms. The van der Waals surface area contributed by atoms with Gasteiger partial charge in [0.25, 0.3) is 5.56 Å². The predicted molar refractivity (Wildman–Crippen MR) is 124 cm³/mol. The van der Waals surface area contributed by atoms with E-state index < -0.39 is 0 Å². The molecule has 0 unspecified atom stereocenters. The molecule has 2 aromatic heterocycles. The van der Waals surface area contributed by atoms with E-state index in [1.54, 1.807) is 7.11 Å². The number of thiophene rings is 1. The predicted octanol–water partition coefficient (Wildman–Crippen LogP) is 5.91. The lowest BCUT2D eigenvalue weighted by Gasteiger charge is -2.19. The maximum absolute atomic E-state index is 12.4. The Morgan fingerprint density at radius 2 is 1.93 bits per heavy atom. The van der Waals surface area contributed by atoms with Crippen molar-refractivity contribution in [2.45, 2.75) is 20.4 Å². The zero-order valence-electron chi connectivity index (χ0n) is 16.7. The van der Waals surface area contributed by atoms with Crippen molar-refractivity contribution < 1.29 is 4.74 Å². The molecule has 0 radical (unpaired) electrons. The van der Waals surface area contributed by atoms with Crippen molar-refractivity contribution in [1.29, 1.82) is 0 Å². The highest BCUT2D eigenvalue weighted by Crippen LogP contribution is 2.41. The molecule has 4 nitrogen and oxygen atoms in total. The van der Waals surface area contributed by atoms with Gasteiger partial charge in [-0.3, -0.25) is 9.69 Å². The molecule has 4 aromatic rings. The molecule has 150 valence electrons. The quantitative estimate of drug-likeness (QED) is 0.416. The van der Waals surface area contributed by atoms with E-state index >= 15 is 0 Å². The summed E-state index contributed by atoms with van der Waals surface area (Å²) >= 11 is 8.13. The van der Waals surface area contributed by atoms with Crippen molar-refractivity contribution in [2.75, 3.05) is 20.2 Å². The number of methoxy groups -OCH3 is 1. The van der Waals surface area contributed by atoms with Crippen molar-refractivity contribution >= 4 is 43.9 Å². The van der Waals surface area contributed by atoms with E-state index in [0.717, 1.165) is 68.1 Å². The molecule has 1 N–H and O–H groups in total. The molecule has 29 heavy (non-hydrogen) atoms. The van der Waals surface area contributed by atoms with Crippen LogP contribution in [0, 0.1) is 0 Å². The fourth-order valence-corrected chi connectivity index (χ4v) is 4.84. The minimum absolute atomic E-state index is 0.0637. The molecule has 0 atom stereocenters. The largest absolute Gasteiger partial charge is 0.496 e. The van der Waals surface area contributed by atoms with Gasteiger partial charge in [-0.2, -0.15) is 0 Å². The van der Waals surface area contributed by atoms with Gasteiger partial charge in [0.1, 0.15) is 10.4 Å². The second-order valence-corrected chi connectivity index (χ2v) is 8.27. The van der Waals surface area contributed by atoms with Crippen molar-refractivity contribution in [1.82, 2.24) is 9.88 Å². The van der Waals surface area contributed by atoms with Crippen LogP contribution in [0.5, 0.6) is 5.75 Å². The molecule has 0 spiro atoms. The molecule has 0 aliphatic rings. The molecule has 0 amide bonds. The van der Waals surface area contributed by atoms with Crippen LogP contribution >= 0.6 is 22.9 Å². The van der Waals surface area contributed by atoms with Gasteiger partial charge >= 0.3 is 0 Å². The monoisotopic (exact) mass is 426 g/mol. The van der Waals surface area contributed by atoms with E-state index in [0.29, 0.717) is 0 Å². The van der Waals surface area contributed by atoms with Gasteiger partial charge in [-0.25, -0.2) is 0 Å². The summed E-state index contributed by atoms with van der Waals surface area (Å²) in [7, 11) is 1.66. The molecule has 0 fully saturated rings. The van der Waals surface area contributed by atoms with Crippen LogP contribution in [-0.2, 0) is 6.54 Å². The zero-order valence-corrected chi connectivity index (χ0v) is 18.3. The third-order valence-electron chi connectivity index (χ3n) is 5.41. The third-order valence-corrected chi connectivity index (χ3v) is 6.67. The minimum atomic E-state index is -0.0637. The average Bonchev–Trinajstić information content (AvgIpc) is 3.23. The molecule has 0 aliphatic heterocycles. The highest BCUT2D eigenvalue weighted by atomic mass is 35.5. The lowest BCUT2D eigenvalue weighted by molar-refractivity contribution is 0.296. The molecule has 2 aromatic carbocycles. The molecule has 2 heterocycles. The Balaban J connectivity index is 1.94. The minimum Gasteiger partial charge on any atom is -0.496 e. The van der Waals surface area contributed by atoms with Gasteiger partial charge in [0.05, 0.1) is 7.11 Å². The number of halogens is 1. The van der Waals surface area contributed by atoms with Crippen LogP contribution in [0.15, 0.2) is 46.6 Å². The summed E-state index contributed by atoms with van der Waals surface area (Å²) in [6, 6.07) is 12.0. The smallest absolute Gasteiger partial charge is 0.266 e. The van der Waals surface area contributed by atoms with E-state index in [-0.39, 0.29) is 5.56 Å². The summed E-state index contributed by atoms with van der Waals surface area (Å²) in [6.45, 7) is 7.09. The van der Waals surface area contributed by atoms with Gasteiger partial charge in [-0.1, -0.05) is 37.6 Å². The third kappa shape index (κ3) is 3.54. The first-order valence-corrected chi connectivity index (χ1v) is 10.9. The van der Waals surface area contributed by atoms with Crippen LogP contribution in [0.2, 0.25) is 5.02 Å². The number of aromatic amines is 1. The van der Waals surface area contributed by atoms with E-state index in [4.69, 9.17) is 16.3 Å². The van der Waals surface area contributed by atoms with Crippen LogP contribution < -0.4 is 10.3 Å². The zero-order chi connectivity index (χ0) is 20.5. The fourth-order valence-electron chi connectivity index (χ4n) is 3.80. The Bertz CT molecular complexity index is 1240. The van der Waals surface area contributed by atoms with Crippen LogP contribution in [0.1, 0.15) is 19.4 Å². The van der Waals surface area contributed by atoms with Crippen LogP contribution in [0.3, 0.4) is 0 Å². The Hall–Kier alpha value is -2.34.